The van der Waals surface area contributed by atoms with Crippen LogP contribution >= 0.6 is 23.2 Å². The van der Waals surface area contributed by atoms with Crippen LogP contribution in [-0.2, 0) is 22.6 Å². The average molecular weight is 568 g/mol. The number of carbonyl (C=O) groups is 2. The fraction of sp³-hybridized carbons (Fsp3) is 0.375. The van der Waals surface area contributed by atoms with Crippen LogP contribution in [0, 0.1) is 13.8 Å². The predicted octanol–water partition coefficient (Wildman–Crippen LogP) is 7.08. The van der Waals surface area contributed by atoms with E-state index >= 15 is 0 Å². The quantitative estimate of drug-likeness (QED) is 0.285. The molecule has 0 aromatic heterocycles. The third kappa shape index (κ3) is 8.48. The van der Waals surface area contributed by atoms with Gasteiger partial charge in [-0.05, 0) is 73.2 Å². The highest BCUT2D eigenvalue weighted by molar-refractivity contribution is 6.42. The lowest BCUT2D eigenvalue weighted by atomic mass is 9.94. The topological polar surface area (TPSA) is 58.6 Å². The molecule has 1 saturated carbocycles. The molecule has 0 bridgehead atoms. The molecule has 1 aliphatic rings. The number of nitrogens with one attached hydrogen (secondary N) is 1. The highest BCUT2D eigenvalue weighted by Crippen LogP contribution is 2.25. The number of ether oxygens (including phenoxy) is 1. The monoisotopic (exact) mass is 566 g/mol. The van der Waals surface area contributed by atoms with Crippen LogP contribution in [0.2, 0.25) is 10.0 Å². The smallest absolute Gasteiger partial charge is 0.261 e. The summed E-state index contributed by atoms with van der Waals surface area (Å²) in [5.74, 6) is 0.201. The largest absolute Gasteiger partial charge is 0.484 e. The number of rotatable bonds is 10. The number of hydrogen-bond acceptors (Lipinski definition) is 3. The first-order valence-electron chi connectivity index (χ1n) is 13.6. The molecule has 1 N–H and O–H groups in total. The second kappa shape index (κ2) is 13.9. The third-order valence-electron chi connectivity index (χ3n) is 7.12. The van der Waals surface area contributed by atoms with E-state index in [0.29, 0.717) is 22.2 Å². The van der Waals surface area contributed by atoms with Gasteiger partial charge in [-0.1, -0.05) is 84.9 Å². The van der Waals surface area contributed by atoms with Crippen LogP contribution < -0.4 is 10.1 Å². The Morgan fingerprint density at radius 1 is 0.897 bits per heavy atom. The maximum absolute atomic E-state index is 13.8. The van der Waals surface area contributed by atoms with E-state index in [1.165, 1.54) is 6.42 Å². The van der Waals surface area contributed by atoms with E-state index < -0.39 is 6.04 Å². The molecule has 1 unspecified atom stereocenters. The van der Waals surface area contributed by atoms with Crippen LogP contribution in [0.4, 0.5) is 0 Å². The zero-order valence-corrected chi connectivity index (χ0v) is 24.1. The van der Waals surface area contributed by atoms with E-state index in [1.54, 1.807) is 17.0 Å². The van der Waals surface area contributed by atoms with Crippen molar-refractivity contribution in [2.24, 2.45) is 0 Å². The van der Waals surface area contributed by atoms with Crippen molar-refractivity contribution in [1.82, 2.24) is 10.2 Å². The van der Waals surface area contributed by atoms with E-state index in [0.717, 1.165) is 47.9 Å². The number of nitrogens with zero attached hydrogens (tertiary/aromatic N) is 1. The standard InChI is InChI=1S/C32H36Cl2N2O3/c1-22-15-23(2)17-27(16-22)39-21-31(37)36(20-25-13-14-28(33)29(34)18-25)30(19-24-9-5-3-6-10-24)32(38)35-26-11-7-4-8-12-26/h3,5-6,9-10,13-18,26,30H,4,7-8,11-12,19-21H2,1-2H3,(H,35,38). The van der Waals surface area contributed by atoms with Crippen LogP contribution in [0.3, 0.4) is 0 Å². The molecule has 4 rings (SSSR count). The summed E-state index contributed by atoms with van der Waals surface area (Å²) in [6.45, 7) is 3.99. The predicted molar refractivity (Wildman–Crippen MR) is 157 cm³/mol. The van der Waals surface area contributed by atoms with Crippen molar-refractivity contribution in [3.8, 4) is 5.75 Å². The van der Waals surface area contributed by atoms with Gasteiger partial charge in [0.25, 0.3) is 5.91 Å². The lowest BCUT2D eigenvalue weighted by Crippen LogP contribution is -2.53. The Kier molecular flexibility index (Phi) is 10.3. The van der Waals surface area contributed by atoms with Crippen molar-refractivity contribution in [3.05, 3.63) is 99.0 Å². The molecular formula is C32H36Cl2N2O3. The summed E-state index contributed by atoms with van der Waals surface area (Å²) in [7, 11) is 0. The molecule has 206 valence electrons. The molecule has 1 aliphatic carbocycles. The first kappa shape index (κ1) is 29.0. The Morgan fingerprint density at radius 2 is 1.59 bits per heavy atom. The summed E-state index contributed by atoms with van der Waals surface area (Å²) < 4.78 is 5.95. The van der Waals surface area contributed by atoms with Crippen molar-refractivity contribution < 1.29 is 14.3 Å². The number of halogens is 2. The van der Waals surface area contributed by atoms with Gasteiger partial charge in [-0.3, -0.25) is 9.59 Å². The number of aryl methyl sites for hydroxylation is 2. The molecule has 7 heteroatoms. The SMILES string of the molecule is Cc1cc(C)cc(OCC(=O)N(Cc2ccc(Cl)c(Cl)c2)C(Cc2ccccc2)C(=O)NC2CCCCC2)c1. The van der Waals surface area contributed by atoms with Gasteiger partial charge in [0.1, 0.15) is 11.8 Å². The first-order valence-corrected chi connectivity index (χ1v) is 14.3. The Bertz CT molecular complexity index is 1260. The van der Waals surface area contributed by atoms with Crippen molar-refractivity contribution in [2.45, 2.75) is 71.0 Å². The lowest BCUT2D eigenvalue weighted by molar-refractivity contribution is -0.143. The van der Waals surface area contributed by atoms with Crippen molar-refractivity contribution >= 4 is 35.0 Å². The van der Waals surface area contributed by atoms with E-state index in [9.17, 15) is 9.59 Å². The third-order valence-corrected chi connectivity index (χ3v) is 7.86. The van der Waals surface area contributed by atoms with Gasteiger partial charge in [0.05, 0.1) is 10.0 Å². The number of carbonyl (C=O) groups excluding carboxylic acids is 2. The number of hydrogen-bond donors (Lipinski definition) is 1. The minimum absolute atomic E-state index is 0.123. The first-order chi connectivity index (χ1) is 18.8. The maximum atomic E-state index is 13.8. The molecule has 1 atom stereocenters. The van der Waals surface area contributed by atoms with Gasteiger partial charge in [0.2, 0.25) is 5.91 Å². The molecule has 3 aromatic carbocycles. The molecule has 1 fully saturated rings. The summed E-state index contributed by atoms with van der Waals surface area (Å²) in [6, 6.07) is 20.3. The molecule has 5 nitrogen and oxygen atoms in total. The van der Waals surface area contributed by atoms with Gasteiger partial charge in [0.15, 0.2) is 6.61 Å². The molecule has 2 amide bonds. The minimum Gasteiger partial charge on any atom is -0.484 e. The molecule has 0 heterocycles. The zero-order valence-electron chi connectivity index (χ0n) is 22.6. The fourth-order valence-corrected chi connectivity index (χ4v) is 5.50. The Balaban J connectivity index is 1.63. The van der Waals surface area contributed by atoms with Crippen molar-refractivity contribution in [3.63, 3.8) is 0 Å². The maximum Gasteiger partial charge on any atom is 0.261 e. The second-order valence-electron chi connectivity index (χ2n) is 10.4. The van der Waals surface area contributed by atoms with Gasteiger partial charge in [0, 0.05) is 19.0 Å². The number of benzene rings is 3. The van der Waals surface area contributed by atoms with Crippen LogP contribution in [0.15, 0.2) is 66.7 Å². The molecule has 3 aromatic rings. The summed E-state index contributed by atoms with van der Waals surface area (Å²) in [6.07, 6.45) is 5.70. The second-order valence-corrected chi connectivity index (χ2v) is 11.2. The van der Waals surface area contributed by atoms with Gasteiger partial charge in [-0.25, -0.2) is 0 Å². The van der Waals surface area contributed by atoms with E-state index in [1.807, 2.05) is 62.4 Å². The summed E-state index contributed by atoms with van der Waals surface area (Å²) in [5, 5.41) is 4.09. The van der Waals surface area contributed by atoms with E-state index in [2.05, 4.69) is 11.4 Å². The molecule has 0 spiro atoms. The highest BCUT2D eigenvalue weighted by atomic mass is 35.5. The van der Waals surface area contributed by atoms with Gasteiger partial charge < -0.3 is 15.0 Å². The van der Waals surface area contributed by atoms with Crippen molar-refractivity contribution in [1.29, 1.82) is 0 Å². The molecule has 39 heavy (non-hydrogen) atoms. The zero-order chi connectivity index (χ0) is 27.8. The molecule has 0 aliphatic heterocycles. The average Bonchev–Trinajstić information content (AvgIpc) is 2.92. The lowest BCUT2D eigenvalue weighted by Gasteiger charge is -2.33. The van der Waals surface area contributed by atoms with Crippen LogP contribution in [0.1, 0.15) is 54.4 Å². The normalized spacial score (nSPS) is 14.5. The van der Waals surface area contributed by atoms with E-state index in [-0.39, 0.29) is 31.0 Å². The van der Waals surface area contributed by atoms with Crippen molar-refractivity contribution in [2.75, 3.05) is 6.61 Å². The fourth-order valence-electron chi connectivity index (χ4n) is 5.18. The van der Waals surface area contributed by atoms with Crippen LogP contribution in [0.25, 0.3) is 0 Å². The molecule has 0 radical (unpaired) electrons. The summed E-state index contributed by atoms with van der Waals surface area (Å²) in [4.78, 5) is 29.3. The van der Waals surface area contributed by atoms with Gasteiger partial charge in [-0.15, -0.1) is 0 Å². The van der Waals surface area contributed by atoms with Gasteiger partial charge in [-0.2, -0.15) is 0 Å². The molecule has 0 saturated heterocycles. The van der Waals surface area contributed by atoms with E-state index in [4.69, 9.17) is 27.9 Å². The molecular weight excluding hydrogens is 531 g/mol. The Labute approximate surface area is 241 Å². The Hall–Kier alpha value is -3.02. The van der Waals surface area contributed by atoms with Crippen LogP contribution in [-0.4, -0.2) is 35.4 Å². The van der Waals surface area contributed by atoms with Crippen LogP contribution in [0.5, 0.6) is 5.75 Å². The minimum atomic E-state index is -0.723. The summed E-state index contributed by atoms with van der Waals surface area (Å²) in [5.41, 5.74) is 3.87. The summed E-state index contributed by atoms with van der Waals surface area (Å²) >= 11 is 12.5. The van der Waals surface area contributed by atoms with Gasteiger partial charge >= 0.3 is 0 Å². The number of amides is 2. The Morgan fingerprint density at radius 3 is 2.26 bits per heavy atom. The highest BCUT2D eigenvalue weighted by Gasteiger charge is 2.32.